The van der Waals surface area contributed by atoms with E-state index in [9.17, 15) is 18.3 Å². The Morgan fingerprint density at radius 3 is 2.59 bits per heavy atom. The van der Waals surface area contributed by atoms with E-state index in [1.165, 1.54) is 13.0 Å². The van der Waals surface area contributed by atoms with Crippen LogP contribution in [0.25, 0.3) is 11.3 Å². The van der Waals surface area contributed by atoms with Gasteiger partial charge in [-0.25, -0.2) is 0 Å². The number of anilines is 1. The number of phenols is 1. The fourth-order valence-corrected chi connectivity index (χ4v) is 3.44. The zero-order valence-electron chi connectivity index (χ0n) is 15.6. The first-order valence-corrected chi connectivity index (χ1v) is 8.86. The number of nitrogens with zero attached hydrogens (tertiary/aromatic N) is 3. The van der Waals surface area contributed by atoms with Crippen LogP contribution in [0, 0.1) is 13.8 Å². The molecule has 1 fully saturated rings. The van der Waals surface area contributed by atoms with E-state index in [2.05, 4.69) is 27.5 Å². The van der Waals surface area contributed by atoms with Crippen LogP contribution in [0.2, 0.25) is 0 Å². The molecule has 2 aromatic rings. The van der Waals surface area contributed by atoms with Crippen LogP contribution in [0.15, 0.2) is 18.2 Å². The van der Waals surface area contributed by atoms with Gasteiger partial charge in [0.25, 0.3) is 0 Å². The Hall–Kier alpha value is -2.35. The topological polar surface area (TPSA) is 61.3 Å². The number of aryl methyl sites for hydroxylation is 1. The molecule has 1 aromatic carbocycles. The maximum absolute atomic E-state index is 12.9. The second-order valence-corrected chi connectivity index (χ2v) is 7.14. The zero-order valence-corrected chi connectivity index (χ0v) is 15.6. The van der Waals surface area contributed by atoms with E-state index < -0.39 is 17.5 Å². The van der Waals surface area contributed by atoms with Gasteiger partial charge >= 0.3 is 6.18 Å². The van der Waals surface area contributed by atoms with E-state index in [1.54, 1.807) is 6.07 Å². The van der Waals surface area contributed by atoms with Gasteiger partial charge in [0.15, 0.2) is 5.82 Å². The summed E-state index contributed by atoms with van der Waals surface area (Å²) in [5.74, 6) is -0.0975. The number of hydrogen-bond acceptors (Lipinski definition) is 5. The normalized spacial score (nSPS) is 18.5. The van der Waals surface area contributed by atoms with E-state index in [0.29, 0.717) is 23.1 Å². The molecule has 2 heterocycles. The molecule has 1 aromatic heterocycles. The highest BCUT2D eigenvalue weighted by atomic mass is 19.4. The summed E-state index contributed by atoms with van der Waals surface area (Å²) in [5.41, 5.74) is 0.800. The van der Waals surface area contributed by atoms with Gasteiger partial charge in [-0.2, -0.15) is 13.2 Å². The Morgan fingerprint density at radius 2 is 1.96 bits per heavy atom. The largest absolute Gasteiger partial charge is 0.507 e. The third-order valence-corrected chi connectivity index (χ3v) is 4.96. The van der Waals surface area contributed by atoms with Gasteiger partial charge in [-0.05, 0) is 58.0 Å². The fourth-order valence-electron chi connectivity index (χ4n) is 3.44. The Bertz CT molecular complexity index is 838. The standard InChI is InChI=1S/C19H23F3N4O/c1-11-9-16(14-6-7-15(19(20,21)22)17(27)12(14)2)24-25-18(11)23-13-5-4-8-26(3)10-13/h6-7,9,13,27H,4-5,8,10H2,1-3H3,(H,23,25)/t13-/m0/s1. The average molecular weight is 380 g/mol. The molecule has 27 heavy (non-hydrogen) atoms. The molecule has 1 atom stereocenters. The van der Waals surface area contributed by atoms with Crippen molar-refractivity contribution in [1.82, 2.24) is 15.1 Å². The molecule has 146 valence electrons. The van der Waals surface area contributed by atoms with Crippen molar-refractivity contribution in [3.05, 3.63) is 34.9 Å². The van der Waals surface area contributed by atoms with Gasteiger partial charge in [0, 0.05) is 23.7 Å². The van der Waals surface area contributed by atoms with Crippen molar-refractivity contribution in [3.8, 4) is 17.0 Å². The molecule has 1 saturated heterocycles. The summed E-state index contributed by atoms with van der Waals surface area (Å²) in [5, 5.41) is 21.8. The Morgan fingerprint density at radius 1 is 1.22 bits per heavy atom. The van der Waals surface area contributed by atoms with Crippen LogP contribution in [-0.4, -0.2) is 46.4 Å². The van der Waals surface area contributed by atoms with Gasteiger partial charge in [-0.15, -0.1) is 10.2 Å². The van der Waals surface area contributed by atoms with Crippen LogP contribution in [0.3, 0.4) is 0 Å². The molecule has 1 aliphatic rings. The number of alkyl halides is 3. The number of piperidine rings is 1. The molecule has 5 nitrogen and oxygen atoms in total. The van der Waals surface area contributed by atoms with E-state index in [0.717, 1.165) is 37.6 Å². The lowest BCUT2D eigenvalue weighted by molar-refractivity contribution is -0.138. The van der Waals surface area contributed by atoms with E-state index in [4.69, 9.17) is 0 Å². The van der Waals surface area contributed by atoms with Gasteiger partial charge in [0.1, 0.15) is 5.75 Å². The fraction of sp³-hybridized carbons (Fsp3) is 0.474. The maximum Gasteiger partial charge on any atom is 0.419 e. The summed E-state index contributed by atoms with van der Waals surface area (Å²) < 4.78 is 38.8. The molecule has 0 bridgehead atoms. The number of nitrogens with one attached hydrogen (secondary N) is 1. The van der Waals surface area contributed by atoms with Crippen LogP contribution >= 0.6 is 0 Å². The number of likely N-dealkylation sites (N-methyl/N-ethyl adjacent to an activating group) is 1. The lowest BCUT2D eigenvalue weighted by Gasteiger charge is -2.30. The van der Waals surface area contributed by atoms with Gasteiger partial charge in [0.05, 0.1) is 11.3 Å². The third kappa shape index (κ3) is 4.16. The molecule has 1 aliphatic heterocycles. The van der Waals surface area contributed by atoms with Gasteiger partial charge in [0.2, 0.25) is 0 Å². The molecule has 3 rings (SSSR count). The average Bonchev–Trinajstić information content (AvgIpc) is 2.58. The molecule has 0 saturated carbocycles. The van der Waals surface area contributed by atoms with Crippen molar-refractivity contribution in [3.63, 3.8) is 0 Å². The minimum Gasteiger partial charge on any atom is -0.507 e. The van der Waals surface area contributed by atoms with Crippen molar-refractivity contribution >= 4 is 5.82 Å². The number of halogens is 3. The number of benzene rings is 1. The molecular formula is C19H23F3N4O. The molecule has 0 amide bonds. The summed E-state index contributed by atoms with van der Waals surface area (Å²) in [4.78, 5) is 2.26. The maximum atomic E-state index is 12.9. The van der Waals surface area contributed by atoms with Crippen molar-refractivity contribution in [1.29, 1.82) is 0 Å². The lowest BCUT2D eigenvalue weighted by atomic mass is 9.99. The third-order valence-electron chi connectivity index (χ3n) is 4.96. The van der Waals surface area contributed by atoms with Gasteiger partial charge in [-0.3, -0.25) is 0 Å². The van der Waals surface area contributed by atoms with Crippen molar-refractivity contribution < 1.29 is 18.3 Å². The highest BCUT2D eigenvalue weighted by molar-refractivity contribution is 5.69. The number of rotatable bonds is 3. The van der Waals surface area contributed by atoms with Crippen LogP contribution in [0.5, 0.6) is 5.75 Å². The van der Waals surface area contributed by atoms with Crippen LogP contribution in [-0.2, 0) is 6.18 Å². The van der Waals surface area contributed by atoms with Crippen LogP contribution in [0.4, 0.5) is 19.0 Å². The summed E-state index contributed by atoms with van der Waals surface area (Å²) >= 11 is 0. The summed E-state index contributed by atoms with van der Waals surface area (Å²) in [7, 11) is 2.08. The predicted molar refractivity (Wildman–Crippen MR) is 97.8 cm³/mol. The van der Waals surface area contributed by atoms with Gasteiger partial charge < -0.3 is 15.3 Å². The van der Waals surface area contributed by atoms with E-state index in [1.807, 2.05) is 6.92 Å². The van der Waals surface area contributed by atoms with Crippen molar-refractivity contribution in [2.45, 2.75) is 38.9 Å². The number of phenolic OH excluding ortho intramolecular Hbond substituents is 1. The SMILES string of the molecule is Cc1cc(-c2ccc(C(F)(F)F)c(O)c2C)nnc1N[C@H]1CCCN(C)C1. The Kier molecular flexibility index (Phi) is 5.28. The Labute approximate surface area is 156 Å². The number of aromatic hydroxyl groups is 1. The first kappa shape index (κ1) is 19.4. The second-order valence-electron chi connectivity index (χ2n) is 7.14. The first-order valence-electron chi connectivity index (χ1n) is 8.86. The molecule has 8 heteroatoms. The highest BCUT2D eigenvalue weighted by Crippen LogP contribution is 2.40. The molecule has 0 unspecified atom stereocenters. The van der Waals surface area contributed by atoms with Crippen molar-refractivity contribution in [2.75, 3.05) is 25.5 Å². The molecule has 0 spiro atoms. The lowest BCUT2D eigenvalue weighted by Crippen LogP contribution is -2.40. The van der Waals surface area contributed by atoms with E-state index in [-0.39, 0.29) is 5.56 Å². The summed E-state index contributed by atoms with van der Waals surface area (Å²) in [6, 6.07) is 4.26. The predicted octanol–water partition coefficient (Wildman–Crippen LogP) is 3.99. The Balaban J connectivity index is 1.86. The quantitative estimate of drug-likeness (QED) is 0.843. The monoisotopic (exact) mass is 380 g/mol. The summed E-state index contributed by atoms with van der Waals surface area (Å²) in [6.07, 6.45) is -2.43. The minimum atomic E-state index is -4.60. The molecular weight excluding hydrogens is 357 g/mol. The van der Waals surface area contributed by atoms with Crippen molar-refractivity contribution in [2.24, 2.45) is 0 Å². The molecule has 0 aliphatic carbocycles. The molecule has 2 N–H and O–H groups in total. The zero-order chi connectivity index (χ0) is 19.8. The number of aromatic nitrogens is 2. The van der Waals surface area contributed by atoms with Crippen LogP contribution in [0.1, 0.15) is 29.5 Å². The van der Waals surface area contributed by atoms with Crippen LogP contribution < -0.4 is 5.32 Å². The van der Waals surface area contributed by atoms with E-state index >= 15 is 0 Å². The minimum absolute atomic E-state index is 0.133. The molecule has 0 radical (unpaired) electrons. The second kappa shape index (κ2) is 7.34. The highest BCUT2D eigenvalue weighted by Gasteiger charge is 2.35. The van der Waals surface area contributed by atoms with Gasteiger partial charge in [-0.1, -0.05) is 6.07 Å². The first-order chi connectivity index (χ1) is 12.7. The smallest absolute Gasteiger partial charge is 0.419 e. The summed E-state index contributed by atoms with van der Waals surface area (Å²) in [6.45, 7) is 5.33. The number of hydrogen-bond donors (Lipinski definition) is 2. The number of likely N-dealkylation sites (tertiary alicyclic amines) is 1.